The van der Waals surface area contributed by atoms with E-state index in [1.165, 1.54) is 17.2 Å². The third-order valence-corrected chi connectivity index (χ3v) is 5.31. The van der Waals surface area contributed by atoms with Gasteiger partial charge in [0.2, 0.25) is 0 Å². The number of carboxylic acids is 1. The number of aromatic hydroxyl groups is 2. The van der Waals surface area contributed by atoms with Gasteiger partial charge in [-0.25, -0.2) is 4.79 Å². The Bertz CT molecular complexity index is 884. The number of rotatable bonds is 13. The Kier molecular flexibility index (Phi) is 12.2. The molecule has 4 N–H and O–H groups in total. The maximum absolute atomic E-state index is 11.1. The Balaban J connectivity index is 2.53. The van der Waals surface area contributed by atoms with Gasteiger partial charge in [0.1, 0.15) is 0 Å². The number of allylic oxidation sites excluding steroid dienone is 7. The van der Waals surface area contributed by atoms with E-state index < -0.39 is 11.7 Å². The molecule has 0 bridgehead atoms. The normalized spacial score (nSPS) is 12.7. The number of phenolic OH excluding ortho intramolecular Hbond substituents is 2. The quantitative estimate of drug-likeness (QED) is 0.208. The van der Waals surface area contributed by atoms with E-state index in [1.54, 1.807) is 0 Å². The maximum Gasteiger partial charge on any atom is 0.335 e. The Morgan fingerprint density at radius 1 is 0.844 bits per heavy atom. The Hall–Kier alpha value is -2.79. The van der Waals surface area contributed by atoms with Crippen LogP contribution < -0.4 is 0 Å². The van der Waals surface area contributed by atoms with Gasteiger partial charge in [-0.3, -0.25) is 0 Å². The Labute approximate surface area is 192 Å². The van der Waals surface area contributed by atoms with E-state index in [9.17, 15) is 20.1 Å². The highest BCUT2D eigenvalue weighted by Gasteiger charge is 2.12. The molecule has 1 aromatic rings. The van der Waals surface area contributed by atoms with Crippen molar-refractivity contribution in [3.8, 4) is 11.5 Å². The molecule has 0 atom stereocenters. The van der Waals surface area contributed by atoms with Gasteiger partial charge in [0.25, 0.3) is 0 Å². The number of hydrogen-bond donors (Lipinski definition) is 4. The van der Waals surface area contributed by atoms with Crippen LogP contribution in [0.15, 0.2) is 58.7 Å². The summed E-state index contributed by atoms with van der Waals surface area (Å²) in [7, 11) is 0. The smallest absolute Gasteiger partial charge is 0.335 e. The summed E-state index contributed by atoms with van der Waals surface area (Å²) in [4.78, 5) is 11.1. The van der Waals surface area contributed by atoms with Gasteiger partial charge in [0, 0.05) is 5.56 Å². The number of benzene rings is 1. The van der Waals surface area contributed by atoms with Crippen LogP contribution >= 0.6 is 0 Å². The molecule has 0 spiro atoms. The third-order valence-electron chi connectivity index (χ3n) is 5.31. The summed E-state index contributed by atoms with van der Waals surface area (Å²) in [5.41, 5.74) is 5.19. The second-order valence-corrected chi connectivity index (χ2v) is 8.53. The van der Waals surface area contributed by atoms with Crippen LogP contribution in [0, 0.1) is 0 Å². The van der Waals surface area contributed by atoms with Crippen molar-refractivity contribution >= 4 is 5.97 Å². The number of aliphatic hydroxyl groups is 1. The van der Waals surface area contributed by atoms with Crippen LogP contribution in [0.3, 0.4) is 0 Å². The lowest BCUT2D eigenvalue weighted by atomic mass is 10.0. The van der Waals surface area contributed by atoms with Crippen molar-refractivity contribution in [2.24, 2.45) is 0 Å². The van der Waals surface area contributed by atoms with Gasteiger partial charge in [0.15, 0.2) is 11.5 Å². The highest BCUT2D eigenvalue weighted by atomic mass is 16.4. The Morgan fingerprint density at radius 2 is 1.44 bits per heavy atom. The summed E-state index contributed by atoms with van der Waals surface area (Å²) in [5.74, 6) is -1.83. The van der Waals surface area contributed by atoms with Gasteiger partial charge in [-0.1, -0.05) is 41.0 Å². The van der Waals surface area contributed by atoms with E-state index in [-0.39, 0.29) is 17.9 Å². The van der Waals surface area contributed by atoms with Crippen molar-refractivity contribution in [2.45, 2.75) is 72.6 Å². The van der Waals surface area contributed by atoms with Crippen LogP contribution in [0.4, 0.5) is 0 Å². The predicted molar refractivity (Wildman–Crippen MR) is 130 cm³/mol. The molecular weight excluding hydrogens is 404 g/mol. The summed E-state index contributed by atoms with van der Waals surface area (Å²) >= 11 is 0. The minimum Gasteiger partial charge on any atom is -0.504 e. The highest BCUT2D eigenvalue weighted by Crippen LogP contribution is 2.31. The standard InChI is InChI=1S/C27H38O5/c1-19(2)8-5-12-22(18-28)13-7-11-20(3)9-6-10-21(4)14-15-23-16-24(27(31)32)17-25(29)26(23)30/h8-9,13-14,16-17,28-30H,5-7,10-12,15,18H2,1-4H3,(H,31,32)/b20-9+,21-14+,22-13+. The first kappa shape index (κ1) is 27.2. The zero-order chi connectivity index (χ0) is 24.1. The fraction of sp³-hybridized carbons (Fsp3) is 0.444. The molecule has 176 valence electrons. The average molecular weight is 443 g/mol. The Morgan fingerprint density at radius 3 is 2.03 bits per heavy atom. The number of aliphatic hydroxyl groups excluding tert-OH is 1. The molecule has 0 unspecified atom stereocenters. The molecule has 0 saturated heterocycles. The van der Waals surface area contributed by atoms with Gasteiger partial charge in [-0.2, -0.15) is 0 Å². The van der Waals surface area contributed by atoms with Crippen molar-refractivity contribution < 1.29 is 25.2 Å². The van der Waals surface area contributed by atoms with Crippen LogP contribution in [0.2, 0.25) is 0 Å². The maximum atomic E-state index is 11.1. The fourth-order valence-corrected chi connectivity index (χ4v) is 3.29. The lowest BCUT2D eigenvalue weighted by Gasteiger charge is -2.07. The van der Waals surface area contributed by atoms with Crippen molar-refractivity contribution in [2.75, 3.05) is 6.61 Å². The van der Waals surface area contributed by atoms with E-state index in [1.807, 2.05) is 13.0 Å². The molecule has 0 amide bonds. The van der Waals surface area contributed by atoms with Gasteiger partial charge >= 0.3 is 5.97 Å². The molecular formula is C27H38O5. The van der Waals surface area contributed by atoms with Crippen LogP contribution in [-0.2, 0) is 6.42 Å². The molecule has 0 fully saturated rings. The average Bonchev–Trinajstić information content (AvgIpc) is 2.73. The summed E-state index contributed by atoms with van der Waals surface area (Å²) in [6.07, 6.45) is 14.4. The number of carboxylic acid groups (broad SMARTS) is 1. The lowest BCUT2D eigenvalue weighted by molar-refractivity contribution is 0.0696. The van der Waals surface area contributed by atoms with Gasteiger partial charge in [-0.05, 0) is 90.3 Å². The molecule has 0 saturated carbocycles. The molecule has 32 heavy (non-hydrogen) atoms. The lowest BCUT2D eigenvalue weighted by Crippen LogP contribution is -1.98. The minimum atomic E-state index is -1.14. The zero-order valence-electron chi connectivity index (χ0n) is 19.8. The SMILES string of the molecule is CC(C)=CCC/C(=C\CC/C(C)=C/CC/C(C)=C/Cc1cc(C(=O)O)cc(O)c1O)CO. The van der Waals surface area contributed by atoms with Gasteiger partial charge in [-0.15, -0.1) is 0 Å². The molecule has 0 aliphatic heterocycles. The van der Waals surface area contributed by atoms with Crippen molar-refractivity contribution in [1.29, 1.82) is 0 Å². The number of phenols is 2. The number of hydrogen-bond acceptors (Lipinski definition) is 4. The molecule has 0 aliphatic rings. The molecule has 0 radical (unpaired) electrons. The summed E-state index contributed by atoms with van der Waals surface area (Å²) in [6.45, 7) is 8.40. The van der Waals surface area contributed by atoms with Crippen LogP contribution in [-0.4, -0.2) is 33.0 Å². The molecule has 0 aromatic heterocycles. The molecule has 1 aromatic carbocycles. The highest BCUT2D eigenvalue weighted by molar-refractivity contribution is 5.89. The third kappa shape index (κ3) is 10.5. The molecule has 5 nitrogen and oxygen atoms in total. The first-order chi connectivity index (χ1) is 15.1. The minimum absolute atomic E-state index is 0.0461. The van der Waals surface area contributed by atoms with E-state index in [2.05, 4.69) is 39.0 Å². The van der Waals surface area contributed by atoms with E-state index in [0.717, 1.165) is 55.7 Å². The first-order valence-corrected chi connectivity index (χ1v) is 11.2. The monoisotopic (exact) mass is 442 g/mol. The topological polar surface area (TPSA) is 98.0 Å². The van der Waals surface area contributed by atoms with Gasteiger partial charge in [0.05, 0.1) is 12.2 Å². The fourth-order valence-electron chi connectivity index (χ4n) is 3.29. The van der Waals surface area contributed by atoms with E-state index in [4.69, 9.17) is 5.11 Å². The van der Waals surface area contributed by atoms with Crippen LogP contribution in [0.1, 0.15) is 82.1 Å². The van der Waals surface area contributed by atoms with Crippen molar-refractivity contribution in [1.82, 2.24) is 0 Å². The summed E-state index contributed by atoms with van der Waals surface area (Å²) in [5, 5.41) is 38.3. The molecule has 0 heterocycles. The second kappa shape index (κ2) is 14.3. The molecule has 5 heteroatoms. The zero-order valence-corrected chi connectivity index (χ0v) is 19.8. The van der Waals surface area contributed by atoms with Crippen LogP contribution in [0.5, 0.6) is 11.5 Å². The summed E-state index contributed by atoms with van der Waals surface area (Å²) in [6, 6.07) is 2.44. The van der Waals surface area contributed by atoms with Crippen LogP contribution in [0.25, 0.3) is 0 Å². The van der Waals surface area contributed by atoms with Crippen molar-refractivity contribution in [3.63, 3.8) is 0 Å². The second-order valence-electron chi connectivity index (χ2n) is 8.53. The number of aromatic carboxylic acids is 1. The van der Waals surface area contributed by atoms with E-state index >= 15 is 0 Å². The predicted octanol–water partition coefficient (Wildman–Crippen LogP) is 6.46. The van der Waals surface area contributed by atoms with E-state index in [0.29, 0.717) is 12.0 Å². The summed E-state index contributed by atoms with van der Waals surface area (Å²) < 4.78 is 0. The molecule has 0 aliphatic carbocycles. The first-order valence-electron chi connectivity index (χ1n) is 11.2. The molecule has 1 rings (SSSR count). The largest absolute Gasteiger partial charge is 0.504 e. The van der Waals surface area contributed by atoms with Gasteiger partial charge < -0.3 is 20.4 Å². The number of carbonyl (C=O) groups is 1. The van der Waals surface area contributed by atoms with Crippen molar-refractivity contribution in [3.05, 3.63) is 69.9 Å².